The number of rotatable bonds is 4. The summed E-state index contributed by atoms with van der Waals surface area (Å²) in [6.07, 6.45) is 2.78. The van der Waals surface area contributed by atoms with Crippen LogP contribution in [0.4, 0.5) is 10.5 Å². The highest BCUT2D eigenvalue weighted by Gasteiger charge is 2.27. The fourth-order valence-electron chi connectivity index (χ4n) is 3.18. The van der Waals surface area contributed by atoms with Crippen LogP contribution in [0.25, 0.3) is 0 Å². The molecule has 2 amide bonds. The number of carbonyl (C=O) groups excluding carboxylic acids is 1. The highest BCUT2D eigenvalue weighted by Crippen LogP contribution is 2.26. The summed E-state index contributed by atoms with van der Waals surface area (Å²) in [6.45, 7) is 7.24. The third-order valence-electron chi connectivity index (χ3n) is 4.57. The molecule has 1 saturated heterocycles. The van der Waals surface area contributed by atoms with Crippen molar-refractivity contribution < 1.29 is 14.7 Å². The lowest BCUT2D eigenvalue weighted by Crippen LogP contribution is -2.42. The van der Waals surface area contributed by atoms with Crippen LogP contribution in [-0.2, 0) is 17.6 Å². The highest BCUT2D eigenvalue weighted by atomic mass is 16.4. The number of nitrogens with one attached hydrogen (secondary N) is 1. The molecule has 1 aromatic rings. The monoisotopic (exact) mass is 318 g/mol. The van der Waals surface area contributed by atoms with Crippen molar-refractivity contribution in [3.05, 3.63) is 28.8 Å². The Kier molecular flexibility index (Phi) is 5.64. The Morgan fingerprint density at radius 2 is 1.70 bits per heavy atom. The number of urea groups is 1. The maximum absolute atomic E-state index is 12.5. The Labute approximate surface area is 137 Å². The van der Waals surface area contributed by atoms with Crippen LogP contribution in [-0.4, -0.2) is 35.1 Å². The SMILES string of the molecule is CCc1cc(C)cc(CC)c1NC(=O)N1CCC(C(=O)O)CC1. The molecule has 1 heterocycles. The Balaban J connectivity index is 2.10. The zero-order valence-electron chi connectivity index (χ0n) is 14.2. The summed E-state index contributed by atoms with van der Waals surface area (Å²) in [7, 11) is 0. The second kappa shape index (κ2) is 7.49. The van der Waals surface area contributed by atoms with Crippen LogP contribution in [0.1, 0.15) is 43.4 Å². The molecule has 5 nitrogen and oxygen atoms in total. The first-order valence-corrected chi connectivity index (χ1v) is 8.37. The molecule has 2 N–H and O–H groups in total. The Morgan fingerprint density at radius 1 is 1.17 bits per heavy atom. The number of hydrogen-bond acceptors (Lipinski definition) is 2. The molecule has 1 aliphatic rings. The topological polar surface area (TPSA) is 69.6 Å². The van der Waals surface area contributed by atoms with E-state index >= 15 is 0 Å². The number of likely N-dealkylation sites (tertiary alicyclic amines) is 1. The maximum atomic E-state index is 12.5. The van der Waals surface area contributed by atoms with Crippen LogP contribution in [0.2, 0.25) is 0 Å². The van der Waals surface area contributed by atoms with Gasteiger partial charge in [-0.05, 0) is 43.7 Å². The largest absolute Gasteiger partial charge is 0.481 e. The van der Waals surface area contributed by atoms with Crippen LogP contribution in [0.15, 0.2) is 12.1 Å². The first-order chi connectivity index (χ1) is 11.0. The number of aliphatic carboxylic acids is 1. The van der Waals surface area contributed by atoms with E-state index in [4.69, 9.17) is 5.11 Å². The van der Waals surface area contributed by atoms with Gasteiger partial charge >= 0.3 is 12.0 Å². The van der Waals surface area contributed by atoms with Gasteiger partial charge < -0.3 is 15.3 Å². The zero-order chi connectivity index (χ0) is 17.0. The molecule has 23 heavy (non-hydrogen) atoms. The fourth-order valence-corrected chi connectivity index (χ4v) is 3.18. The van der Waals surface area contributed by atoms with Crippen molar-refractivity contribution in [2.75, 3.05) is 18.4 Å². The summed E-state index contributed by atoms with van der Waals surface area (Å²) >= 11 is 0. The van der Waals surface area contributed by atoms with Gasteiger partial charge in [0.2, 0.25) is 0 Å². The van der Waals surface area contributed by atoms with E-state index < -0.39 is 5.97 Å². The van der Waals surface area contributed by atoms with E-state index in [0.717, 1.165) is 29.7 Å². The van der Waals surface area contributed by atoms with Crippen molar-refractivity contribution in [3.8, 4) is 0 Å². The average molecular weight is 318 g/mol. The van der Waals surface area contributed by atoms with Gasteiger partial charge in [0.15, 0.2) is 0 Å². The fraction of sp³-hybridized carbons (Fsp3) is 0.556. The standard InChI is InChI=1S/C18H26N2O3/c1-4-13-10-12(3)11-14(5-2)16(13)19-18(23)20-8-6-15(7-9-20)17(21)22/h10-11,15H,4-9H2,1-3H3,(H,19,23)(H,21,22). The lowest BCUT2D eigenvalue weighted by atomic mass is 9.97. The summed E-state index contributed by atoms with van der Waals surface area (Å²) in [6, 6.07) is 4.11. The molecule has 0 spiro atoms. The Morgan fingerprint density at radius 3 is 2.13 bits per heavy atom. The maximum Gasteiger partial charge on any atom is 0.321 e. The Bertz CT molecular complexity index is 565. The number of piperidine rings is 1. The van der Waals surface area contributed by atoms with E-state index in [1.165, 1.54) is 5.56 Å². The summed E-state index contributed by atoms with van der Waals surface area (Å²) in [4.78, 5) is 25.3. The quantitative estimate of drug-likeness (QED) is 0.893. The number of carboxylic acid groups (broad SMARTS) is 1. The third kappa shape index (κ3) is 4.03. The molecule has 0 aliphatic carbocycles. The molecule has 0 atom stereocenters. The van der Waals surface area contributed by atoms with Gasteiger partial charge in [0.05, 0.1) is 5.92 Å². The van der Waals surface area contributed by atoms with E-state index in [2.05, 4.69) is 38.2 Å². The summed E-state index contributed by atoms with van der Waals surface area (Å²) in [5.74, 6) is -1.08. The highest BCUT2D eigenvalue weighted by molar-refractivity contribution is 5.91. The average Bonchev–Trinajstić information content (AvgIpc) is 2.55. The predicted molar refractivity (Wildman–Crippen MR) is 90.9 cm³/mol. The lowest BCUT2D eigenvalue weighted by Gasteiger charge is -2.30. The number of hydrogen-bond donors (Lipinski definition) is 2. The number of anilines is 1. The van der Waals surface area contributed by atoms with Crippen LogP contribution >= 0.6 is 0 Å². The minimum atomic E-state index is -0.759. The summed E-state index contributed by atoms with van der Waals surface area (Å²) in [5, 5.41) is 12.1. The molecule has 5 heteroatoms. The van der Waals surface area contributed by atoms with Crippen LogP contribution in [0.5, 0.6) is 0 Å². The number of carbonyl (C=O) groups is 2. The van der Waals surface area contributed by atoms with Crippen molar-refractivity contribution in [1.82, 2.24) is 4.90 Å². The second-order valence-electron chi connectivity index (χ2n) is 6.19. The molecule has 0 saturated carbocycles. The minimum Gasteiger partial charge on any atom is -0.481 e. The van der Waals surface area contributed by atoms with Gasteiger partial charge in [0.1, 0.15) is 0 Å². The smallest absolute Gasteiger partial charge is 0.321 e. The summed E-state index contributed by atoms with van der Waals surface area (Å²) < 4.78 is 0. The van der Waals surface area contributed by atoms with Gasteiger partial charge in [-0.2, -0.15) is 0 Å². The van der Waals surface area contributed by atoms with Gasteiger partial charge in [-0.15, -0.1) is 0 Å². The van der Waals surface area contributed by atoms with Gasteiger partial charge in [-0.3, -0.25) is 4.79 Å². The Hall–Kier alpha value is -2.04. The van der Waals surface area contributed by atoms with Gasteiger partial charge in [0, 0.05) is 18.8 Å². The molecule has 1 aliphatic heterocycles. The molecule has 0 radical (unpaired) electrons. The van der Waals surface area contributed by atoms with E-state index in [9.17, 15) is 9.59 Å². The second-order valence-corrected chi connectivity index (χ2v) is 6.19. The van der Waals surface area contributed by atoms with E-state index in [1.807, 2.05) is 0 Å². The number of nitrogens with zero attached hydrogens (tertiary/aromatic N) is 1. The van der Waals surface area contributed by atoms with Crippen LogP contribution in [0.3, 0.4) is 0 Å². The van der Waals surface area contributed by atoms with Crippen molar-refractivity contribution in [2.45, 2.75) is 46.5 Å². The molecule has 1 aromatic carbocycles. The number of carboxylic acids is 1. The first kappa shape index (κ1) is 17.3. The van der Waals surface area contributed by atoms with Crippen molar-refractivity contribution in [1.29, 1.82) is 0 Å². The van der Waals surface area contributed by atoms with Crippen molar-refractivity contribution in [2.24, 2.45) is 5.92 Å². The molecule has 0 unspecified atom stereocenters. The number of amides is 2. The zero-order valence-corrected chi connectivity index (χ0v) is 14.2. The minimum absolute atomic E-state index is 0.123. The van der Waals surface area contributed by atoms with E-state index in [-0.39, 0.29) is 11.9 Å². The van der Waals surface area contributed by atoms with Gasteiger partial charge in [-0.25, -0.2) is 4.79 Å². The molecule has 0 bridgehead atoms. The van der Waals surface area contributed by atoms with Crippen molar-refractivity contribution in [3.63, 3.8) is 0 Å². The van der Waals surface area contributed by atoms with Crippen molar-refractivity contribution >= 4 is 17.7 Å². The molecular formula is C18H26N2O3. The number of aryl methyl sites for hydroxylation is 3. The molecular weight excluding hydrogens is 292 g/mol. The summed E-state index contributed by atoms with van der Waals surface area (Å²) in [5.41, 5.74) is 4.43. The number of benzene rings is 1. The van der Waals surface area contributed by atoms with Crippen LogP contribution in [0, 0.1) is 12.8 Å². The molecule has 1 fully saturated rings. The van der Waals surface area contributed by atoms with Gasteiger partial charge in [0.25, 0.3) is 0 Å². The predicted octanol–water partition coefficient (Wildman–Crippen LogP) is 3.45. The van der Waals surface area contributed by atoms with Crippen LogP contribution < -0.4 is 5.32 Å². The lowest BCUT2D eigenvalue weighted by molar-refractivity contribution is -0.143. The van der Waals surface area contributed by atoms with Gasteiger partial charge in [-0.1, -0.05) is 31.5 Å². The first-order valence-electron chi connectivity index (χ1n) is 8.37. The normalized spacial score (nSPS) is 15.5. The third-order valence-corrected chi connectivity index (χ3v) is 4.57. The molecule has 2 rings (SSSR count). The van der Waals surface area contributed by atoms with E-state index in [1.54, 1.807) is 4.90 Å². The molecule has 126 valence electrons. The van der Waals surface area contributed by atoms with E-state index in [0.29, 0.717) is 25.9 Å². The molecule has 0 aromatic heterocycles.